The van der Waals surface area contributed by atoms with E-state index in [9.17, 15) is 0 Å². The molecule has 0 rings (SSSR count). The number of nitrogens with zero attached hydrogens (tertiary/aromatic N) is 2. The fraction of sp³-hybridized carbons (Fsp3) is 0.727. The first kappa shape index (κ1) is 12.2. The molecule has 0 fully saturated rings. The Labute approximate surface area is 81.9 Å². The van der Waals surface area contributed by atoms with Gasteiger partial charge in [-0.2, -0.15) is 5.26 Å². The van der Waals surface area contributed by atoms with Gasteiger partial charge in [0.25, 0.3) is 0 Å². The monoisotopic (exact) mass is 180 g/mol. The fourth-order valence-electron chi connectivity index (χ4n) is 1.27. The summed E-state index contributed by atoms with van der Waals surface area (Å²) in [6.07, 6.45) is 2.53. The van der Waals surface area contributed by atoms with Crippen LogP contribution in [0, 0.1) is 17.2 Å². The highest BCUT2D eigenvalue weighted by atomic mass is 15.1. The molecule has 0 N–H and O–H groups in total. The third-order valence-corrected chi connectivity index (χ3v) is 2.03. The lowest BCUT2D eigenvalue weighted by atomic mass is 10.1. The van der Waals surface area contributed by atoms with Crippen LogP contribution in [0.1, 0.15) is 27.2 Å². The zero-order valence-corrected chi connectivity index (χ0v) is 8.95. The summed E-state index contributed by atoms with van der Waals surface area (Å²) in [4.78, 5) is 2.29. The van der Waals surface area contributed by atoms with Crippen molar-refractivity contribution in [1.29, 1.82) is 5.26 Å². The van der Waals surface area contributed by atoms with Gasteiger partial charge >= 0.3 is 0 Å². The minimum atomic E-state index is 0.371. The van der Waals surface area contributed by atoms with Crippen molar-refractivity contribution in [1.82, 2.24) is 4.90 Å². The summed E-state index contributed by atoms with van der Waals surface area (Å²) in [6.45, 7) is 12.2. The molecule has 0 saturated heterocycles. The summed E-state index contributed by atoms with van der Waals surface area (Å²) in [7, 11) is 0. The van der Waals surface area contributed by atoms with E-state index in [0.717, 1.165) is 13.1 Å². The molecule has 0 aromatic heterocycles. The van der Waals surface area contributed by atoms with Crippen molar-refractivity contribution in [2.75, 3.05) is 13.1 Å². The van der Waals surface area contributed by atoms with Gasteiger partial charge in [0, 0.05) is 25.6 Å². The molecule has 13 heavy (non-hydrogen) atoms. The van der Waals surface area contributed by atoms with Crippen LogP contribution in [0.25, 0.3) is 0 Å². The van der Waals surface area contributed by atoms with Gasteiger partial charge in [-0.05, 0) is 12.8 Å². The Bertz CT molecular complexity index is 179. The first-order valence-electron chi connectivity index (χ1n) is 4.85. The second kappa shape index (κ2) is 6.68. The van der Waals surface area contributed by atoms with E-state index in [0.29, 0.717) is 18.4 Å². The standard InChI is InChI=1S/C11H20N2/c1-5-11(4)13(8-6-7-12)9-10(2)3/h5,10-11H,1,6,8-9H2,2-4H3. The molecule has 0 bridgehead atoms. The molecule has 0 aromatic rings. The summed E-state index contributed by atoms with van der Waals surface area (Å²) < 4.78 is 0. The third kappa shape index (κ3) is 5.43. The Morgan fingerprint density at radius 2 is 2.08 bits per heavy atom. The molecule has 0 heterocycles. The second-order valence-corrected chi connectivity index (χ2v) is 3.77. The van der Waals surface area contributed by atoms with E-state index in [2.05, 4.69) is 38.3 Å². The van der Waals surface area contributed by atoms with E-state index in [4.69, 9.17) is 5.26 Å². The largest absolute Gasteiger partial charge is 0.296 e. The van der Waals surface area contributed by atoms with Gasteiger partial charge in [-0.3, -0.25) is 4.90 Å². The van der Waals surface area contributed by atoms with Gasteiger partial charge in [0.2, 0.25) is 0 Å². The first-order valence-corrected chi connectivity index (χ1v) is 4.85. The average molecular weight is 180 g/mol. The highest BCUT2D eigenvalue weighted by Crippen LogP contribution is 2.05. The van der Waals surface area contributed by atoms with Gasteiger partial charge in [-0.15, -0.1) is 6.58 Å². The van der Waals surface area contributed by atoms with Gasteiger partial charge in [0.1, 0.15) is 0 Å². The maximum Gasteiger partial charge on any atom is 0.0635 e. The Hall–Kier alpha value is -0.810. The molecule has 1 unspecified atom stereocenters. The predicted molar refractivity (Wildman–Crippen MR) is 56.3 cm³/mol. The van der Waals surface area contributed by atoms with Crippen LogP contribution in [0.5, 0.6) is 0 Å². The lowest BCUT2D eigenvalue weighted by molar-refractivity contribution is 0.220. The predicted octanol–water partition coefficient (Wildman–Crippen LogP) is 2.43. The minimum Gasteiger partial charge on any atom is -0.296 e. The van der Waals surface area contributed by atoms with Crippen LogP contribution < -0.4 is 0 Å². The fourth-order valence-corrected chi connectivity index (χ4v) is 1.27. The Kier molecular flexibility index (Phi) is 6.26. The normalized spacial score (nSPS) is 12.9. The summed E-state index contributed by atoms with van der Waals surface area (Å²) in [6, 6.07) is 2.55. The van der Waals surface area contributed by atoms with Crippen LogP contribution >= 0.6 is 0 Å². The number of hydrogen-bond acceptors (Lipinski definition) is 2. The van der Waals surface area contributed by atoms with Crippen molar-refractivity contribution in [3.63, 3.8) is 0 Å². The lowest BCUT2D eigenvalue weighted by Gasteiger charge is -2.27. The Balaban J connectivity index is 4.03. The van der Waals surface area contributed by atoms with Gasteiger partial charge in [0.15, 0.2) is 0 Å². The van der Waals surface area contributed by atoms with Gasteiger partial charge < -0.3 is 0 Å². The van der Waals surface area contributed by atoms with Crippen molar-refractivity contribution >= 4 is 0 Å². The SMILES string of the molecule is C=CC(C)N(CCC#N)CC(C)C. The molecule has 2 heteroatoms. The molecular formula is C11H20N2. The molecule has 0 aliphatic heterocycles. The van der Waals surface area contributed by atoms with E-state index in [-0.39, 0.29) is 0 Å². The summed E-state index contributed by atoms with van der Waals surface area (Å²) in [5.41, 5.74) is 0. The van der Waals surface area contributed by atoms with Crippen molar-refractivity contribution in [2.24, 2.45) is 5.92 Å². The van der Waals surface area contributed by atoms with Crippen molar-refractivity contribution in [3.05, 3.63) is 12.7 Å². The first-order chi connectivity index (χ1) is 6.11. The second-order valence-electron chi connectivity index (χ2n) is 3.77. The van der Waals surface area contributed by atoms with E-state index >= 15 is 0 Å². The zero-order valence-electron chi connectivity index (χ0n) is 8.95. The molecule has 0 spiro atoms. The van der Waals surface area contributed by atoms with Crippen LogP contribution in [0.2, 0.25) is 0 Å². The van der Waals surface area contributed by atoms with E-state index < -0.39 is 0 Å². The van der Waals surface area contributed by atoms with Crippen LogP contribution in [-0.2, 0) is 0 Å². The molecule has 2 nitrogen and oxygen atoms in total. The number of nitriles is 1. The highest BCUT2D eigenvalue weighted by Gasteiger charge is 2.11. The quantitative estimate of drug-likeness (QED) is 0.587. The molecule has 0 saturated carbocycles. The highest BCUT2D eigenvalue weighted by molar-refractivity contribution is 4.86. The molecule has 1 atom stereocenters. The summed E-state index contributed by atoms with van der Waals surface area (Å²) in [5.74, 6) is 0.640. The average Bonchev–Trinajstić information content (AvgIpc) is 2.10. The maximum atomic E-state index is 8.50. The van der Waals surface area contributed by atoms with Crippen LogP contribution in [0.4, 0.5) is 0 Å². The number of rotatable bonds is 6. The molecule has 0 radical (unpaired) electrons. The van der Waals surface area contributed by atoms with Crippen molar-refractivity contribution < 1.29 is 0 Å². The van der Waals surface area contributed by atoms with Gasteiger partial charge in [0.05, 0.1) is 6.07 Å². The van der Waals surface area contributed by atoms with E-state index in [1.807, 2.05) is 6.08 Å². The molecule has 74 valence electrons. The smallest absolute Gasteiger partial charge is 0.0635 e. The summed E-state index contributed by atoms with van der Waals surface area (Å²) in [5, 5.41) is 8.50. The van der Waals surface area contributed by atoms with Crippen molar-refractivity contribution in [2.45, 2.75) is 33.2 Å². The van der Waals surface area contributed by atoms with Crippen LogP contribution in [0.3, 0.4) is 0 Å². The van der Waals surface area contributed by atoms with E-state index in [1.54, 1.807) is 0 Å². The molecule has 0 aromatic carbocycles. The lowest BCUT2D eigenvalue weighted by Crippen LogP contribution is -2.35. The van der Waals surface area contributed by atoms with Crippen LogP contribution in [-0.4, -0.2) is 24.0 Å². The molecule has 0 aliphatic rings. The Morgan fingerprint density at radius 1 is 1.46 bits per heavy atom. The zero-order chi connectivity index (χ0) is 10.3. The van der Waals surface area contributed by atoms with E-state index in [1.165, 1.54) is 0 Å². The summed E-state index contributed by atoms with van der Waals surface area (Å²) >= 11 is 0. The topological polar surface area (TPSA) is 27.0 Å². The molecule has 0 amide bonds. The molecular weight excluding hydrogens is 160 g/mol. The van der Waals surface area contributed by atoms with Gasteiger partial charge in [-0.25, -0.2) is 0 Å². The van der Waals surface area contributed by atoms with Gasteiger partial charge in [-0.1, -0.05) is 19.9 Å². The van der Waals surface area contributed by atoms with Crippen molar-refractivity contribution in [3.8, 4) is 6.07 Å². The maximum absolute atomic E-state index is 8.50. The van der Waals surface area contributed by atoms with Crippen LogP contribution in [0.15, 0.2) is 12.7 Å². The molecule has 0 aliphatic carbocycles. The Morgan fingerprint density at radius 3 is 2.46 bits per heavy atom. The third-order valence-electron chi connectivity index (χ3n) is 2.03. The minimum absolute atomic E-state index is 0.371. The number of hydrogen-bond donors (Lipinski definition) is 0.